The number of aliphatic hydroxyl groups excluding tert-OH is 1. The van der Waals surface area contributed by atoms with Gasteiger partial charge in [0, 0.05) is 24.2 Å². The van der Waals surface area contributed by atoms with Crippen LogP contribution in [0.3, 0.4) is 0 Å². The van der Waals surface area contributed by atoms with Crippen molar-refractivity contribution in [3.63, 3.8) is 0 Å². The fourth-order valence-corrected chi connectivity index (χ4v) is 3.40. The van der Waals surface area contributed by atoms with Gasteiger partial charge in [0.05, 0.1) is 18.7 Å². The summed E-state index contributed by atoms with van der Waals surface area (Å²) < 4.78 is 21.6. The van der Waals surface area contributed by atoms with Gasteiger partial charge in [0.15, 0.2) is 5.78 Å². The molecular formula is C29H39ClN2O8. The zero-order valence-corrected chi connectivity index (χ0v) is 24.3. The Labute approximate surface area is 240 Å². The molecule has 0 radical (unpaired) electrons. The summed E-state index contributed by atoms with van der Waals surface area (Å²) in [7, 11) is 7.46. The lowest BCUT2D eigenvalue weighted by Crippen LogP contribution is -2.28. The summed E-state index contributed by atoms with van der Waals surface area (Å²) in [5.74, 6) is 0.180. The van der Waals surface area contributed by atoms with Crippen LogP contribution >= 0.6 is 11.6 Å². The number of rotatable bonds is 18. The van der Waals surface area contributed by atoms with Gasteiger partial charge in [0.25, 0.3) is 0 Å². The monoisotopic (exact) mass is 578 g/mol. The number of alkyl halides is 1. The zero-order chi connectivity index (χ0) is 29.5. The van der Waals surface area contributed by atoms with Crippen LogP contribution in [0.15, 0.2) is 48.5 Å². The fourth-order valence-electron chi connectivity index (χ4n) is 3.25. The van der Waals surface area contributed by atoms with E-state index in [1.165, 1.54) is 0 Å². The molecule has 2 atom stereocenters. The van der Waals surface area contributed by atoms with Crippen LogP contribution in [0.5, 0.6) is 11.5 Å². The second kappa shape index (κ2) is 17.5. The maximum absolute atomic E-state index is 12.9. The van der Waals surface area contributed by atoms with E-state index in [0.717, 1.165) is 0 Å². The van der Waals surface area contributed by atoms with Crippen LogP contribution in [0.2, 0.25) is 0 Å². The molecule has 0 saturated carbocycles. The molecule has 0 spiro atoms. The van der Waals surface area contributed by atoms with Gasteiger partial charge in [-0.15, -0.1) is 11.6 Å². The average molecular weight is 579 g/mol. The van der Waals surface area contributed by atoms with Crippen molar-refractivity contribution in [3.05, 3.63) is 59.7 Å². The van der Waals surface area contributed by atoms with Crippen LogP contribution in [0.4, 0.5) is 0 Å². The van der Waals surface area contributed by atoms with Crippen LogP contribution in [0.25, 0.3) is 0 Å². The van der Waals surface area contributed by atoms with Gasteiger partial charge in [-0.1, -0.05) is 0 Å². The van der Waals surface area contributed by atoms with Crippen LogP contribution < -0.4 is 9.47 Å². The first kappa shape index (κ1) is 33.0. The second-order valence-electron chi connectivity index (χ2n) is 9.71. The number of esters is 2. The molecule has 0 aromatic heterocycles. The number of halogens is 1. The predicted molar refractivity (Wildman–Crippen MR) is 151 cm³/mol. The molecule has 0 aliphatic carbocycles. The SMILES string of the molecule is CN(C)CCC(=O)OCC(O)COc1ccc(C(=O)c2ccc(OCC(CCl)OC(=O)CCN(C)C)cc2)cc1. The Morgan fingerprint density at radius 1 is 0.750 bits per heavy atom. The van der Waals surface area contributed by atoms with Crippen LogP contribution in [0.1, 0.15) is 28.8 Å². The van der Waals surface area contributed by atoms with Gasteiger partial charge in [-0.05, 0) is 76.7 Å². The van der Waals surface area contributed by atoms with Crippen molar-refractivity contribution in [1.82, 2.24) is 9.80 Å². The highest BCUT2D eigenvalue weighted by molar-refractivity contribution is 6.18. The van der Waals surface area contributed by atoms with E-state index in [1.807, 2.05) is 38.0 Å². The Hall–Kier alpha value is -3.18. The highest BCUT2D eigenvalue weighted by Crippen LogP contribution is 2.19. The molecule has 1 N–H and O–H groups in total. The standard InChI is InChI=1S/C29H39ClN2O8/c1-31(2)15-13-27(34)39-19-23(33)18-37-24-9-5-21(6-10-24)29(36)22-7-11-25(12-8-22)38-20-26(17-30)40-28(35)14-16-32(3)4/h5-12,23,26,33H,13-20H2,1-4H3. The summed E-state index contributed by atoms with van der Waals surface area (Å²) in [6.07, 6.45) is -1.04. The number of nitrogens with zero attached hydrogens (tertiary/aromatic N) is 2. The number of hydrogen-bond donors (Lipinski definition) is 1. The molecule has 220 valence electrons. The van der Waals surface area contributed by atoms with Crippen molar-refractivity contribution in [2.75, 3.05) is 67.0 Å². The van der Waals surface area contributed by atoms with Crippen molar-refractivity contribution in [2.24, 2.45) is 0 Å². The van der Waals surface area contributed by atoms with Gasteiger partial charge >= 0.3 is 11.9 Å². The van der Waals surface area contributed by atoms with Crippen LogP contribution in [-0.2, 0) is 19.1 Å². The second-order valence-corrected chi connectivity index (χ2v) is 10.0. The Kier molecular flexibility index (Phi) is 14.4. The topological polar surface area (TPSA) is 115 Å². The molecule has 2 rings (SSSR count). The largest absolute Gasteiger partial charge is 0.491 e. The predicted octanol–water partition coefficient (Wildman–Crippen LogP) is 2.63. The van der Waals surface area contributed by atoms with Gasteiger partial charge in [-0.2, -0.15) is 0 Å². The van der Waals surface area contributed by atoms with Crippen molar-refractivity contribution in [1.29, 1.82) is 0 Å². The van der Waals surface area contributed by atoms with E-state index in [1.54, 1.807) is 48.5 Å². The van der Waals surface area contributed by atoms with E-state index < -0.39 is 12.2 Å². The van der Waals surface area contributed by atoms with Gasteiger partial charge in [0.2, 0.25) is 0 Å². The summed E-state index contributed by atoms with van der Waals surface area (Å²) in [6.45, 7) is 1.03. The molecular weight excluding hydrogens is 540 g/mol. The van der Waals surface area contributed by atoms with E-state index in [-0.39, 0.29) is 56.3 Å². The molecule has 2 aromatic carbocycles. The first-order valence-electron chi connectivity index (χ1n) is 13.0. The molecule has 0 saturated heterocycles. The molecule has 0 amide bonds. The Balaban J connectivity index is 1.79. The summed E-state index contributed by atoms with van der Waals surface area (Å²) in [5, 5.41) is 10.0. The van der Waals surface area contributed by atoms with Crippen molar-refractivity contribution in [3.8, 4) is 11.5 Å². The first-order valence-corrected chi connectivity index (χ1v) is 13.5. The summed E-state index contributed by atoms with van der Waals surface area (Å²) in [4.78, 5) is 40.2. The number of carbonyl (C=O) groups is 3. The molecule has 2 aromatic rings. The maximum atomic E-state index is 12.9. The molecule has 0 aliphatic heterocycles. The van der Waals surface area contributed by atoms with Gasteiger partial charge in [-0.3, -0.25) is 14.4 Å². The van der Waals surface area contributed by atoms with Gasteiger partial charge < -0.3 is 33.9 Å². The fraction of sp³-hybridized carbons (Fsp3) is 0.483. The number of aliphatic hydroxyl groups is 1. The number of ether oxygens (including phenoxy) is 4. The Morgan fingerprint density at radius 2 is 1.23 bits per heavy atom. The molecule has 0 fully saturated rings. The minimum absolute atomic E-state index is 0.0599. The van der Waals surface area contributed by atoms with Gasteiger partial charge in [-0.25, -0.2) is 0 Å². The van der Waals surface area contributed by atoms with Crippen molar-refractivity contribution >= 4 is 29.3 Å². The normalized spacial score (nSPS) is 12.6. The lowest BCUT2D eigenvalue weighted by Gasteiger charge is -2.17. The summed E-state index contributed by atoms with van der Waals surface area (Å²) >= 11 is 5.91. The number of carbonyl (C=O) groups excluding carboxylic acids is 3. The minimum Gasteiger partial charge on any atom is -0.491 e. The lowest BCUT2D eigenvalue weighted by atomic mass is 10.0. The smallest absolute Gasteiger partial charge is 0.307 e. The molecule has 0 heterocycles. The van der Waals surface area contributed by atoms with Crippen LogP contribution in [-0.4, -0.2) is 112 Å². The zero-order valence-electron chi connectivity index (χ0n) is 23.5. The summed E-state index contributed by atoms with van der Waals surface area (Å²) in [6, 6.07) is 13.2. The third-order valence-corrected chi connectivity index (χ3v) is 5.89. The quantitative estimate of drug-likeness (QED) is 0.161. The third kappa shape index (κ3) is 12.8. The Morgan fingerprint density at radius 3 is 1.70 bits per heavy atom. The maximum Gasteiger partial charge on any atom is 0.307 e. The van der Waals surface area contributed by atoms with E-state index in [0.29, 0.717) is 35.7 Å². The molecule has 40 heavy (non-hydrogen) atoms. The van der Waals surface area contributed by atoms with Gasteiger partial charge in [0.1, 0.15) is 43.5 Å². The van der Waals surface area contributed by atoms with E-state index in [4.69, 9.17) is 30.5 Å². The highest BCUT2D eigenvalue weighted by Gasteiger charge is 2.16. The highest BCUT2D eigenvalue weighted by atomic mass is 35.5. The van der Waals surface area contributed by atoms with Crippen LogP contribution in [0, 0.1) is 0 Å². The first-order chi connectivity index (χ1) is 19.1. The number of ketones is 1. The number of benzene rings is 2. The molecule has 2 unspecified atom stereocenters. The van der Waals surface area contributed by atoms with E-state index >= 15 is 0 Å². The summed E-state index contributed by atoms with van der Waals surface area (Å²) in [5.41, 5.74) is 0.930. The Bertz CT molecular complexity index is 1060. The number of hydrogen-bond acceptors (Lipinski definition) is 10. The van der Waals surface area contributed by atoms with Crippen molar-refractivity contribution in [2.45, 2.75) is 25.0 Å². The molecule has 11 heteroatoms. The lowest BCUT2D eigenvalue weighted by molar-refractivity contribution is -0.149. The molecule has 0 bridgehead atoms. The minimum atomic E-state index is -0.972. The third-order valence-electron chi connectivity index (χ3n) is 5.54. The van der Waals surface area contributed by atoms with Crippen molar-refractivity contribution < 1.29 is 38.4 Å². The van der Waals surface area contributed by atoms with E-state index in [2.05, 4.69) is 0 Å². The van der Waals surface area contributed by atoms with E-state index in [9.17, 15) is 19.5 Å². The average Bonchev–Trinajstić information content (AvgIpc) is 2.95. The molecule has 10 nitrogen and oxygen atoms in total. The molecule has 0 aliphatic rings.